The van der Waals surface area contributed by atoms with Gasteiger partial charge in [-0.1, -0.05) is 18.2 Å². The van der Waals surface area contributed by atoms with Crippen LogP contribution in [-0.4, -0.2) is 12.5 Å². The fourth-order valence-electron chi connectivity index (χ4n) is 0.968. The standard InChI is InChI=1S/C9H9FOS/c1-12-9-5-3-2-4-7(9)8(10)6-11/h2-6,8H,1H3. The minimum atomic E-state index is -1.49. The third-order valence-corrected chi connectivity index (χ3v) is 2.37. The Kier molecular flexibility index (Phi) is 3.29. The van der Waals surface area contributed by atoms with Crippen LogP contribution in [0.1, 0.15) is 11.7 Å². The molecular weight excluding hydrogens is 175 g/mol. The van der Waals surface area contributed by atoms with Crippen LogP contribution < -0.4 is 0 Å². The Hall–Kier alpha value is -0.830. The van der Waals surface area contributed by atoms with Gasteiger partial charge < -0.3 is 0 Å². The number of carbonyl (C=O) groups excluding carboxylic acids is 1. The zero-order chi connectivity index (χ0) is 8.97. The van der Waals surface area contributed by atoms with E-state index in [9.17, 15) is 9.18 Å². The monoisotopic (exact) mass is 184 g/mol. The van der Waals surface area contributed by atoms with E-state index in [1.54, 1.807) is 18.2 Å². The Labute approximate surface area is 75.0 Å². The van der Waals surface area contributed by atoms with Crippen LogP contribution in [0.5, 0.6) is 0 Å². The van der Waals surface area contributed by atoms with Gasteiger partial charge in [-0.05, 0) is 12.3 Å². The van der Waals surface area contributed by atoms with Crippen molar-refractivity contribution in [1.82, 2.24) is 0 Å². The van der Waals surface area contributed by atoms with E-state index >= 15 is 0 Å². The van der Waals surface area contributed by atoms with Gasteiger partial charge >= 0.3 is 0 Å². The van der Waals surface area contributed by atoms with Crippen LogP contribution in [0.4, 0.5) is 4.39 Å². The third kappa shape index (κ3) is 1.85. The van der Waals surface area contributed by atoms with Crippen molar-refractivity contribution in [2.45, 2.75) is 11.1 Å². The molecule has 1 aromatic rings. The Morgan fingerprint density at radius 2 is 2.17 bits per heavy atom. The van der Waals surface area contributed by atoms with Gasteiger partial charge in [0.05, 0.1) is 0 Å². The first-order valence-electron chi connectivity index (χ1n) is 3.52. The van der Waals surface area contributed by atoms with E-state index in [1.165, 1.54) is 11.8 Å². The molecule has 0 saturated heterocycles. The van der Waals surface area contributed by atoms with Crippen molar-refractivity contribution < 1.29 is 9.18 Å². The molecule has 0 saturated carbocycles. The van der Waals surface area contributed by atoms with Gasteiger partial charge in [-0.3, -0.25) is 4.79 Å². The predicted molar refractivity (Wildman–Crippen MR) is 48.1 cm³/mol. The first-order chi connectivity index (χ1) is 5.79. The van der Waals surface area contributed by atoms with Crippen molar-refractivity contribution in [3.05, 3.63) is 29.8 Å². The number of alkyl halides is 1. The highest BCUT2D eigenvalue weighted by Gasteiger charge is 2.11. The van der Waals surface area contributed by atoms with Gasteiger partial charge in [-0.2, -0.15) is 0 Å². The van der Waals surface area contributed by atoms with Crippen molar-refractivity contribution in [2.75, 3.05) is 6.26 Å². The summed E-state index contributed by atoms with van der Waals surface area (Å²) >= 11 is 1.44. The van der Waals surface area contributed by atoms with E-state index in [2.05, 4.69) is 0 Å². The van der Waals surface area contributed by atoms with E-state index < -0.39 is 6.17 Å². The molecular formula is C9H9FOS. The molecule has 3 heteroatoms. The normalized spacial score (nSPS) is 12.5. The predicted octanol–water partition coefficient (Wildman–Crippen LogP) is 2.62. The minimum Gasteiger partial charge on any atom is -0.300 e. The van der Waals surface area contributed by atoms with E-state index in [-0.39, 0.29) is 0 Å². The molecule has 0 spiro atoms. The second-order valence-corrected chi connectivity index (χ2v) is 3.13. The van der Waals surface area contributed by atoms with E-state index in [0.29, 0.717) is 11.8 Å². The van der Waals surface area contributed by atoms with Gasteiger partial charge in [0, 0.05) is 10.5 Å². The summed E-state index contributed by atoms with van der Waals surface area (Å²) in [5.74, 6) is 0. The molecule has 0 aromatic heterocycles. The Morgan fingerprint density at radius 1 is 1.50 bits per heavy atom. The summed E-state index contributed by atoms with van der Waals surface area (Å²) in [5.41, 5.74) is 0.458. The maximum Gasteiger partial charge on any atom is 0.181 e. The average molecular weight is 184 g/mol. The maximum absolute atomic E-state index is 12.9. The van der Waals surface area contributed by atoms with Gasteiger partial charge in [-0.25, -0.2) is 4.39 Å². The van der Waals surface area contributed by atoms with Crippen molar-refractivity contribution in [2.24, 2.45) is 0 Å². The highest BCUT2D eigenvalue weighted by atomic mass is 32.2. The molecule has 0 radical (unpaired) electrons. The molecule has 0 heterocycles. The van der Waals surface area contributed by atoms with Gasteiger partial charge in [0.2, 0.25) is 0 Å². The molecule has 0 amide bonds. The topological polar surface area (TPSA) is 17.1 Å². The minimum absolute atomic E-state index is 0.315. The first kappa shape index (κ1) is 9.26. The van der Waals surface area contributed by atoms with Crippen molar-refractivity contribution in [1.29, 1.82) is 0 Å². The van der Waals surface area contributed by atoms with Gasteiger partial charge in [-0.15, -0.1) is 11.8 Å². The lowest BCUT2D eigenvalue weighted by atomic mass is 10.1. The molecule has 0 aliphatic rings. The summed E-state index contributed by atoms with van der Waals surface area (Å²) in [7, 11) is 0. The summed E-state index contributed by atoms with van der Waals surface area (Å²) in [6, 6.07) is 6.99. The molecule has 0 aliphatic heterocycles. The first-order valence-corrected chi connectivity index (χ1v) is 4.74. The van der Waals surface area contributed by atoms with Crippen LogP contribution in [0.25, 0.3) is 0 Å². The van der Waals surface area contributed by atoms with E-state index in [4.69, 9.17) is 0 Å². The smallest absolute Gasteiger partial charge is 0.181 e. The number of carbonyl (C=O) groups is 1. The summed E-state index contributed by atoms with van der Waals surface area (Å²) in [6.07, 6.45) is 0.680. The Bertz CT molecular complexity index is 275. The van der Waals surface area contributed by atoms with Crippen LogP contribution in [0.2, 0.25) is 0 Å². The van der Waals surface area contributed by atoms with Crippen molar-refractivity contribution in [3.8, 4) is 0 Å². The quantitative estimate of drug-likeness (QED) is 0.530. The number of benzene rings is 1. The van der Waals surface area contributed by atoms with E-state index in [1.807, 2.05) is 12.3 Å². The zero-order valence-corrected chi connectivity index (χ0v) is 7.48. The molecule has 1 atom stereocenters. The van der Waals surface area contributed by atoms with Crippen LogP contribution in [0.3, 0.4) is 0 Å². The number of thioether (sulfide) groups is 1. The average Bonchev–Trinajstić information content (AvgIpc) is 2.16. The Morgan fingerprint density at radius 3 is 2.75 bits per heavy atom. The van der Waals surface area contributed by atoms with E-state index in [0.717, 1.165) is 4.90 Å². The summed E-state index contributed by atoms with van der Waals surface area (Å²) in [4.78, 5) is 11.0. The molecule has 1 aromatic carbocycles. The molecule has 0 N–H and O–H groups in total. The lowest BCUT2D eigenvalue weighted by Crippen LogP contribution is -1.94. The van der Waals surface area contributed by atoms with Crippen LogP contribution >= 0.6 is 11.8 Å². The number of hydrogen-bond donors (Lipinski definition) is 0. The second-order valence-electron chi connectivity index (χ2n) is 2.28. The van der Waals surface area contributed by atoms with Crippen molar-refractivity contribution in [3.63, 3.8) is 0 Å². The summed E-state index contributed by atoms with van der Waals surface area (Å²) in [5, 5.41) is 0. The SMILES string of the molecule is CSc1ccccc1C(F)C=O. The molecule has 0 aliphatic carbocycles. The lowest BCUT2D eigenvalue weighted by Gasteiger charge is -2.05. The van der Waals surface area contributed by atoms with Crippen LogP contribution in [0.15, 0.2) is 29.2 Å². The fraction of sp³-hybridized carbons (Fsp3) is 0.222. The lowest BCUT2D eigenvalue weighted by molar-refractivity contribution is -0.112. The molecule has 0 bridgehead atoms. The van der Waals surface area contributed by atoms with Gasteiger partial charge in [0.1, 0.15) is 0 Å². The number of rotatable bonds is 3. The largest absolute Gasteiger partial charge is 0.300 e. The molecule has 1 unspecified atom stereocenters. The summed E-state index contributed by atoms with van der Waals surface area (Å²) < 4.78 is 12.9. The molecule has 64 valence electrons. The number of halogens is 1. The van der Waals surface area contributed by atoms with Crippen LogP contribution in [-0.2, 0) is 4.79 Å². The Balaban J connectivity index is 3.04. The molecule has 0 fully saturated rings. The van der Waals surface area contributed by atoms with Crippen molar-refractivity contribution >= 4 is 18.0 Å². The highest BCUT2D eigenvalue weighted by molar-refractivity contribution is 7.98. The van der Waals surface area contributed by atoms with Gasteiger partial charge in [0.15, 0.2) is 12.5 Å². The summed E-state index contributed by atoms with van der Waals surface area (Å²) in [6.45, 7) is 0. The van der Waals surface area contributed by atoms with Crippen LogP contribution in [0, 0.1) is 0 Å². The zero-order valence-electron chi connectivity index (χ0n) is 6.66. The highest BCUT2D eigenvalue weighted by Crippen LogP contribution is 2.26. The maximum atomic E-state index is 12.9. The second kappa shape index (κ2) is 4.26. The third-order valence-electron chi connectivity index (χ3n) is 1.56. The number of aldehydes is 1. The molecule has 12 heavy (non-hydrogen) atoms. The fourth-order valence-corrected chi connectivity index (χ4v) is 1.60. The van der Waals surface area contributed by atoms with Gasteiger partial charge in [0.25, 0.3) is 0 Å². The molecule has 1 rings (SSSR count). The number of hydrogen-bond acceptors (Lipinski definition) is 2. The molecule has 1 nitrogen and oxygen atoms in total.